The summed E-state index contributed by atoms with van der Waals surface area (Å²) in [5.41, 5.74) is 0. The average Bonchev–Trinajstić information content (AvgIpc) is 3.03. The second-order valence-electron chi connectivity index (χ2n) is 7.47. The van der Waals surface area contributed by atoms with E-state index in [2.05, 4.69) is 88.8 Å². The van der Waals surface area contributed by atoms with Crippen molar-refractivity contribution in [1.29, 1.82) is 0 Å². The molecule has 0 nitrogen and oxygen atoms in total. The van der Waals surface area contributed by atoms with Gasteiger partial charge in [-0.2, -0.15) is 12.2 Å². The van der Waals surface area contributed by atoms with Crippen LogP contribution in [0.4, 0.5) is 0 Å². The fraction of sp³-hybridized carbons (Fsp3) is 0.556. The standard InChI is InChI=1S/2C8H13Si.C2H7Si.2ClH.Zr/c2*1-9(2,3)8-6-4-5-7-8;1-3-2;;;/h2*4,6H,5H2,1-3H3;3H,1-2H3;2*1H;/q2*-1;;;;+4/p-2. The van der Waals surface area contributed by atoms with Crippen molar-refractivity contribution < 1.29 is 51.0 Å². The zero-order chi connectivity index (χ0) is 16.5. The molecule has 0 aliphatic heterocycles. The maximum Gasteiger partial charge on any atom is 4.00 e. The Labute approximate surface area is 187 Å². The van der Waals surface area contributed by atoms with Crippen molar-refractivity contribution in [1.82, 2.24) is 0 Å². The van der Waals surface area contributed by atoms with Gasteiger partial charge in [-0.15, -0.1) is 12.8 Å². The minimum absolute atomic E-state index is 0. The number of hydrogen-bond donors (Lipinski definition) is 0. The van der Waals surface area contributed by atoms with Crippen LogP contribution >= 0.6 is 0 Å². The zero-order valence-electron chi connectivity index (χ0n) is 16.6. The first-order chi connectivity index (χ1) is 9.62. The Morgan fingerprint density at radius 2 is 1.00 bits per heavy atom. The molecule has 135 valence electrons. The van der Waals surface area contributed by atoms with Crippen LogP contribution in [-0.4, -0.2) is 25.7 Å². The fourth-order valence-electron chi connectivity index (χ4n) is 1.84. The van der Waals surface area contributed by atoms with E-state index in [1.54, 1.807) is 0 Å². The minimum Gasteiger partial charge on any atom is -1.00 e. The van der Waals surface area contributed by atoms with E-state index in [1.807, 2.05) is 0 Å². The van der Waals surface area contributed by atoms with Gasteiger partial charge in [-0.3, -0.25) is 12.2 Å². The van der Waals surface area contributed by atoms with E-state index in [1.165, 1.54) is 10.4 Å². The summed E-state index contributed by atoms with van der Waals surface area (Å²) in [4.78, 5) is 0. The van der Waals surface area contributed by atoms with Gasteiger partial charge in [0.15, 0.2) is 0 Å². The second kappa shape index (κ2) is 16.3. The maximum absolute atomic E-state index is 3.36. The van der Waals surface area contributed by atoms with Crippen molar-refractivity contribution in [2.24, 2.45) is 0 Å². The minimum atomic E-state index is -1.01. The van der Waals surface area contributed by atoms with Gasteiger partial charge in [0.05, 0.1) is 0 Å². The molecule has 0 aromatic heterocycles. The summed E-state index contributed by atoms with van der Waals surface area (Å²) in [6.07, 6.45) is 17.6. The third-order valence-corrected chi connectivity index (χ3v) is 6.92. The van der Waals surface area contributed by atoms with Crippen LogP contribution in [0, 0.1) is 12.2 Å². The summed E-state index contributed by atoms with van der Waals surface area (Å²) in [5.74, 6) is 0. The molecule has 0 atom stereocenters. The van der Waals surface area contributed by atoms with Gasteiger partial charge in [0, 0.05) is 25.7 Å². The Morgan fingerprint density at radius 3 is 1.08 bits per heavy atom. The third kappa shape index (κ3) is 15.3. The van der Waals surface area contributed by atoms with E-state index in [-0.39, 0.29) is 51.0 Å². The van der Waals surface area contributed by atoms with Gasteiger partial charge in [0.2, 0.25) is 0 Å². The van der Waals surface area contributed by atoms with Crippen molar-refractivity contribution in [2.45, 2.75) is 65.2 Å². The quantitative estimate of drug-likeness (QED) is 0.362. The van der Waals surface area contributed by atoms with Crippen LogP contribution in [0.5, 0.6) is 0 Å². The average molecular weight is 496 g/mol. The molecule has 0 amide bonds. The molecule has 0 heterocycles. The molecule has 0 spiro atoms. The van der Waals surface area contributed by atoms with Gasteiger partial charge >= 0.3 is 26.2 Å². The first-order valence-corrected chi connectivity index (χ1v) is 17.2. The van der Waals surface area contributed by atoms with Crippen LogP contribution in [0.1, 0.15) is 12.8 Å². The monoisotopic (exact) mass is 493 g/mol. The molecule has 2 aliphatic carbocycles. The van der Waals surface area contributed by atoms with Gasteiger partial charge in [-0.05, 0) is 0 Å². The SMILES string of the molecule is C[SiH]C.C[Si](C)(C)C1=[C-]CC=C1.C[Si](C)(C)C1=[C-]CC=C1.[Cl-].[Cl-].[Zr+4]. The Morgan fingerprint density at radius 1 is 0.750 bits per heavy atom. The molecule has 0 bridgehead atoms. The molecule has 0 saturated heterocycles. The zero-order valence-corrected chi connectivity index (χ0v) is 23.7. The molecular weight excluding hydrogens is 463 g/mol. The third-order valence-electron chi connectivity index (χ3n) is 3.01. The van der Waals surface area contributed by atoms with Gasteiger partial charge in [0.25, 0.3) is 0 Å². The molecule has 0 aromatic rings. The van der Waals surface area contributed by atoms with Crippen LogP contribution in [0.15, 0.2) is 34.7 Å². The van der Waals surface area contributed by atoms with Crippen LogP contribution in [0.3, 0.4) is 0 Å². The molecular formula is C18H33Cl2Si3Zr. The van der Waals surface area contributed by atoms with Crippen LogP contribution < -0.4 is 24.8 Å². The Kier molecular flexibility index (Phi) is 22.2. The molecule has 0 aromatic carbocycles. The smallest absolute Gasteiger partial charge is 1.00 e. The molecule has 0 unspecified atom stereocenters. The van der Waals surface area contributed by atoms with E-state index < -0.39 is 16.1 Å². The fourth-order valence-corrected chi connectivity index (χ4v) is 4.34. The van der Waals surface area contributed by atoms with Crippen LogP contribution in [0.25, 0.3) is 0 Å². The molecule has 0 saturated carbocycles. The van der Waals surface area contributed by atoms with Crippen LogP contribution in [-0.2, 0) is 26.2 Å². The Balaban J connectivity index is -0.000000130. The number of halogens is 2. The number of hydrogen-bond acceptors (Lipinski definition) is 0. The summed E-state index contributed by atoms with van der Waals surface area (Å²) in [6.45, 7) is 18.5. The summed E-state index contributed by atoms with van der Waals surface area (Å²) in [5, 5.41) is 2.98. The van der Waals surface area contributed by atoms with Crippen LogP contribution in [0.2, 0.25) is 52.4 Å². The van der Waals surface area contributed by atoms with Gasteiger partial charge < -0.3 is 24.8 Å². The van der Waals surface area contributed by atoms with Crippen molar-refractivity contribution in [3.63, 3.8) is 0 Å². The normalized spacial score (nSPS) is 14.5. The van der Waals surface area contributed by atoms with E-state index in [0.717, 1.165) is 22.4 Å². The summed E-state index contributed by atoms with van der Waals surface area (Å²) in [7, 11) is -1.26. The van der Waals surface area contributed by atoms with E-state index in [9.17, 15) is 0 Å². The summed E-state index contributed by atoms with van der Waals surface area (Å²) < 4.78 is 0. The molecule has 24 heavy (non-hydrogen) atoms. The molecule has 2 rings (SSSR count). The van der Waals surface area contributed by atoms with Gasteiger partial charge in [-0.25, -0.2) is 22.5 Å². The molecule has 2 aliphatic rings. The Bertz CT molecular complexity index is 389. The predicted octanol–water partition coefficient (Wildman–Crippen LogP) is -0.369. The van der Waals surface area contributed by atoms with Crippen molar-refractivity contribution in [3.8, 4) is 0 Å². The maximum atomic E-state index is 3.36. The van der Waals surface area contributed by atoms with E-state index >= 15 is 0 Å². The molecule has 0 fully saturated rings. The molecule has 0 N–H and O–H groups in total. The number of rotatable bonds is 2. The topological polar surface area (TPSA) is 0 Å². The molecule has 1 radical (unpaired) electrons. The first-order valence-electron chi connectivity index (χ1n) is 7.92. The molecule has 6 heteroatoms. The largest absolute Gasteiger partial charge is 4.00 e. The van der Waals surface area contributed by atoms with E-state index in [4.69, 9.17) is 0 Å². The van der Waals surface area contributed by atoms with E-state index in [0.29, 0.717) is 0 Å². The Hall–Kier alpha value is 1.07. The van der Waals surface area contributed by atoms with Gasteiger partial charge in [-0.1, -0.05) is 52.4 Å². The second-order valence-corrected chi connectivity index (χ2v) is 18.7. The summed E-state index contributed by atoms with van der Waals surface area (Å²) in [6, 6.07) is 0. The summed E-state index contributed by atoms with van der Waals surface area (Å²) >= 11 is 0. The van der Waals surface area contributed by atoms with Crippen molar-refractivity contribution >= 4 is 25.7 Å². The van der Waals surface area contributed by atoms with Crippen molar-refractivity contribution in [3.05, 3.63) is 46.8 Å². The van der Waals surface area contributed by atoms with Crippen molar-refractivity contribution in [2.75, 3.05) is 0 Å². The predicted molar refractivity (Wildman–Crippen MR) is 107 cm³/mol. The first kappa shape index (κ1) is 32.7. The van der Waals surface area contributed by atoms with Gasteiger partial charge in [0.1, 0.15) is 0 Å². The number of allylic oxidation sites excluding steroid dienone is 8.